The van der Waals surface area contributed by atoms with Crippen molar-refractivity contribution in [1.29, 1.82) is 0 Å². The predicted octanol–water partition coefficient (Wildman–Crippen LogP) is 1.98. The minimum atomic E-state index is -1.56. The van der Waals surface area contributed by atoms with Crippen LogP contribution in [0.15, 0.2) is 12.1 Å². The molecule has 2 rings (SSSR count). The number of hydrogen-bond acceptors (Lipinski definition) is 2. The highest BCUT2D eigenvalue weighted by Gasteiger charge is 2.18. The molecule has 0 bridgehead atoms. The molecule has 3 nitrogen and oxygen atoms in total. The molecule has 0 radical (unpaired) electrons. The summed E-state index contributed by atoms with van der Waals surface area (Å²) < 4.78 is 38.9. The van der Waals surface area contributed by atoms with E-state index in [4.69, 9.17) is 0 Å². The lowest BCUT2D eigenvalue weighted by Crippen LogP contribution is -2.40. The van der Waals surface area contributed by atoms with Crippen LogP contribution in [0, 0.1) is 17.5 Å². The Kier molecular flexibility index (Phi) is 4.42. The van der Waals surface area contributed by atoms with Crippen molar-refractivity contribution in [2.75, 3.05) is 13.1 Å². The summed E-state index contributed by atoms with van der Waals surface area (Å²) >= 11 is 0. The van der Waals surface area contributed by atoms with E-state index in [2.05, 4.69) is 10.6 Å². The first kappa shape index (κ1) is 13.9. The number of carbonyl (C=O) groups is 1. The summed E-state index contributed by atoms with van der Waals surface area (Å²) in [7, 11) is 0. The van der Waals surface area contributed by atoms with E-state index in [0.717, 1.165) is 25.8 Å². The maximum atomic E-state index is 13.0. The molecule has 1 heterocycles. The molecule has 2 N–H and O–H groups in total. The molecule has 0 aromatic heterocycles. The van der Waals surface area contributed by atoms with Crippen molar-refractivity contribution in [2.24, 2.45) is 0 Å². The fraction of sp³-hybridized carbons (Fsp3) is 0.462. The minimum Gasteiger partial charge on any atom is -0.348 e. The van der Waals surface area contributed by atoms with Crippen LogP contribution in [0.25, 0.3) is 0 Å². The van der Waals surface area contributed by atoms with E-state index in [9.17, 15) is 18.0 Å². The number of benzene rings is 1. The molecule has 1 aromatic rings. The van der Waals surface area contributed by atoms with Gasteiger partial charge in [0.25, 0.3) is 5.91 Å². The average Bonchev–Trinajstić information content (AvgIpc) is 2.64. The van der Waals surface area contributed by atoms with Crippen LogP contribution in [0.1, 0.15) is 29.6 Å². The van der Waals surface area contributed by atoms with Crippen molar-refractivity contribution in [3.05, 3.63) is 35.1 Å². The van der Waals surface area contributed by atoms with E-state index in [-0.39, 0.29) is 11.6 Å². The lowest BCUT2D eigenvalue weighted by atomic mass is 10.1. The number of carbonyl (C=O) groups excluding carboxylic acids is 1. The molecule has 0 spiro atoms. The monoisotopic (exact) mass is 272 g/mol. The molecule has 1 aliphatic heterocycles. The smallest absolute Gasteiger partial charge is 0.251 e. The molecule has 19 heavy (non-hydrogen) atoms. The molecule has 1 unspecified atom stereocenters. The van der Waals surface area contributed by atoms with Gasteiger partial charge in [0, 0.05) is 18.2 Å². The molecule has 0 aliphatic carbocycles. The summed E-state index contributed by atoms with van der Waals surface area (Å²) in [5.41, 5.74) is -0.208. The Morgan fingerprint density at radius 3 is 2.58 bits per heavy atom. The van der Waals surface area contributed by atoms with Gasteiger partial charge in [-0.3, -0.25) is 4.79 Å². The van der Waals surface area contributed by atoms with Gasteiger partial charge in [-0.2, -0.15) is 0 Å². The molecule has 1 aromatic carbocycles. The second kappa shape index (κ2) is 6.06. The quantitative estimate of drug-likeness (QED) is 0.808. The third-order valence-electron chi connectivity index (χ3n) is 3.13. The van der Waals surface area contributed by atoms with Crippen LogP contribution in [0.2, 0.25) is 0 Å². The number of amides is 1. The van der Waals surface area contributed by atoms with E-state index in [0.29, 0.717) is 18.7 Å². The maximum Gasteiger partial charge on any atom is 0.251 e. The zero-order valence-corrected chi connectivity index (χ0v) is 10.3. The molecule has 1 atom stereocenters. The van der Waals surface area contributed by atoms with Crippen molar-refractivity contribution in [3.63, 3.8) is 0 Å². The zero-order chi connectivity index (χ0) is 13.8. The van der Waals surface area contributed by atoms with Gasteiger partial charge in [0.2, 0.25) is 0 Å². The highest BCUT2D eigenvalue weighted by atomic mass is 19.2. The first-order valence-electron chi connectivity index (χ1n) is 6.24. The lowest BCUT2D eigenvalue weighted by molar-refractivity contribution is 0.0934. The standard InChI is InChI=1S/C13H15F3N2O/c14-10-5-8(6-11(15)12(10)16)13(19)18-9-3-1-2-4-17-7-9/h5-6,9,17H,1-4,7H2,(H,18,19). The Bertz CT molecular complexity index is 448. The number of nitrogens with one attached hydrogen (secondary N) is 2. The van der Waals surface area contributed by atoms with Crippen LogP contribution < -0.4 is 10.6 Å². The molecule has 1 aliphatic rings. The van der Waals surface area contributed by atoms with Crippen molar-refractivity contribution >= 4 is 5.91 Å². The first-order chi connectivity index (χ1) is 9.08. The van der Waals surface area contributed by atoms with Crippen LogP contribution in [-0.2, 0) is 0 Å². The normalized spacial score (nSPS) is 19.8. The second-order valence-electron chi connectivity index (χ2n) is 4.62. The average molecular weight is 272 g/mol. The fourth-order valence-corrected chi connectivity index (χ4v) is 2.10. The Balaban J connectivity index is 2.07. The summed E-state index contributed by atoms with van der Waals surface area (Å²) in [5.74, 6) is -4.87. The van der Waals surface area contributed by atoms with Gasteiger partial charge in [-0.15, -0.1) is 0 Å². The molecule has 1 amide bonds. The van der Waals surface area contributed by atoms with Crippen LogP contribution in [-0.4, -0.2) is 25.0 Å². The van der Waals surface area contributed by atoms with Gasteiger partial charge < -0.3 is 10.6 Å². The molecule has 104 valence electrons. The first-order valence-corrected chi connectivity index (χ1v) is 6.24. The molecular weight excluding hydrogens is 257 g/mol. The highest BCUT2D eigenvalue weighted by Crippen LogP contribution is 2.14. The van der Waals surface area contributed by atoms with E-state index >= 15 is 0 Å². The van der Waals surface area contributed by atoms with Crippen LogP contribution >= 0.6 is 0 Å². The van der Waals surface area contributed by atoms with E-state index < -0.39 is 23.4 Å². The van der Waals surface area contributed by atoms with Gasteiger partial charge in [0.15, 0.2) is 17.5 Å². The van der Waals surface area contributed by atoms with E-state index in [1.165, 1.54) is 0 Å². The topological polar surface area (TPSA) is 41.1 Å². The van der Waals surface area contributed by atoms with Crippen molar-refractivity contribution < 1.29 is 18.0 Å². The lowest BCUT2D eigenvalue weighted by Gasteiger charge is -2.16. The fourth-order valence-electron chi connectivity index (χ4n) is 2.10. The van der Waals surface area contributed by atoms with Crippen LogP contribution in [0.3, 0.4) is 0 Å². The van der Waals surface area contributed by atoms with Crippen molar-refractivity contribution in [1.82, 2.24) is 10.6 Å². The summed E-state index contributed by atoms with van der Waals surface area (Å²) in [5, 5.41) is 5.85. The molecule has 0 saturated carbocycles. The van der Waals surface area contributed by atoms with E-state index in [1.54, 1.807) is 0 Å². The molecule has 1 saturated heterocycles. The predicted molar refractivity (Wildman–Crippen MR) is 64.3 cm³/mol. The Labute approximate surface area is 109 Å². The number of hydrogen-bond donors (Lipinski definition) is 2. The van der Waals surface area contributed by atoms with Gasteiger partial charge >= 0.3 is 0 Å². The van der Waals surface area contributed by atoms with Gasteiger partial charge in [-0.05, 0) is 31.5 Å². The summed E-state index contributed by atoms with van der Waals surface area (Å²) in [6.45, 7) is 1.52. The second-order valence-corrected chi connectivity index (χ2v) is 4.62. The minimum absolute atomic E-state index is 0.0776. The Morgan fingerprint density at radius 1 is 1.21 bits per heavy atom. The third kappa shape index (κ3) is 3.47. The zero-order valence-electron chi connectivity index (χ0n) is 10.3. The molecule has 1 fully saturated rings. The number of rotatable bonds is 2. The largest absolute Gasteiger partial charge is 0.348 e. The highest BCUT2D eigenvalue weighted by molar-refractivity contribution is 5.94. The van der Waals surface area contributed by atoms with Crippen molar-refractivity contribution in [3.8, 4) is 0 Å². The number of halogens is 3. The molecular formula is C13H15F3N2O. The third-order valence-corrected chi connectivity index (χ3v) is 3.13. The van der Waals surface area contributed by atoms with Gasteiger partial charge in [0.05, 0.1) is 0 Å². The summed E-state index contributed by atoms with van der Waals surface area (Å²) in [4.78, 5) is 11.8. The Hall–Kier alpha value is -1.56. The van der Waals surface area contributed by atoms with Crippen LogP contribution in [0.4, 0.5) is 13.2 Å². The SMILES string of the molecule is O=C(NC1CCCCNC1)c1cc(F)c(F)c(F)c1. The van der Waals surface area contributed by atoms with Gasteiger partial charge in [-0.1, -0.05) is 6.42 Å². The molecule has 6 heteroatoms. The summed E-state index contributed by atoms with van der Waals surface area (Å²) in [6, 6.07) is 1.33. The Morgan fingerprint density at radius 2 is 1.89 bits per heavy atom. The summed E-state index contributed by atoms with van der Waals surface area (Å²) in [6.07, 6.45) is 2.82. The van der Waals surface area contributed by atoms with E-state index in [1.807, 2.05) is 0 Å². The van der Waals surface area contributed by atoms with Gasteiger partial charge in [0.1, 0.15) is 0 Å². The van der Waals surface area contributed by atoms with Gasteiger partial charge in [-0.25, -0.2) is 13.2 Å². The maximum absolute atomic E-state index is 13.0. The van der Waals surface area contributed by atoms with Crippen LogP contribution in [0.5, 0.6) is 0 Å². The van der Waals surface area contributed by atoms with Crippen molar-refractivity contribution in [2.45, 2.75) is 25.3 Å².